The molecular weight excluding hydrogens is 242 g/mol. The first-order chi connectivity index (χ1) is 9.86. The number of fused-ring (bicyclic) bond motifs is 1. The van der Waals surface area contributed by atoms with Gasteiger partial charge in [0.15, 0.2) is 0 Å². The lowest BCUT2D eigenvalue weighted by atomic mass is 9.89. The maximum absolute atomic E-state index is 9.43. The molecule has 0 radical (unpaired) electrons. The fourth-order valence-corrected chi connectivity index (χ4v) is 2.80. The number of nitriles is 1. The molecular formula is C19H17N. The van der Waals surface area contributed by atoms with E-state index in [1.54, 1.807) is 0 Å². The average molecular weight is 259 g/mol. The summed E-state index contributed by atoms with van der Waals surface area (Å²) in [5, 5.41) is 9.43. The van der Waals surface area contributed by atoms with Crippen LogP contribution in [0.15, 0.2) is 48.5 Å². The van der Waals surface area contributed by atoms with Crippen LogP contribution < -0.4 is 0 Å². The third-order valence-electron chi connectivity index (χ3n) is 3.89. The zero-order chi connectivity index (χ0) is 13.8. The number of aryl methyl sites for hydroxylation is 2. The molecule has 0 atom stereocenters. The highest BCUT2D eigenvalue weighted by molar-refractivity contribution is 5.89. The molecule has 1 aliphatic carbocycles. The van der Waals surface area contributed by atoms with Crippen molar-refractivity contribution in [3.8, 4) is 6.07 Å². The summed E-state index contributed by atoms with van der Waals surface area (Å²) in [6, 6.07) is 18.8. The molecule has 0 spiro atoms. The van der Waals surface area contributed by atoms with Crippen LogP contribution in [-0.4, -0.2) is 0 Å². The molecule has 0 N–H and O–H groups in total. The summed E-state index contributed by atoms with van der Waals surface area (Å²) in [4.78, 5) is 0. The molecule has 0 saturated carbocycles. The lowest BCUT2D eigenvalue weighted by Crippen LogP contribution is -2.02. The van der Waals surface area contributed by atoms with Gasteiger partial charge in [-0.1, -0.05) is 48.5 Å². The van der Waals surface area contributed by atoms with Crippen molar-refractivity contribution in [2.45, 2.75) is 25.7 Å². The van der Waals surface area contributed by atoms with Gasteiger partial charge in [-0.25, -0.2) is 0 Å². The standard InChI is InChI=1S/C19H17N/c20-14-19(12-15-6-2-1-3-7-15)18-11-10-16-8-4-5-9-17(16)13-18/h1-3,6-7,10-13H,4-5,8-9H2/b19-12+. The van der Waals surface area contributed by atoms with E-state index < -0.39 is 0 Å². The van der Waals surface area contributed by atoms with Gasteiger partial charge in [0, 0.05) is 0 Å². The largest absolute Gasteiger partial charge is 0.192 e. The molecule has 0 amide bonds. The topological polar surface area (TPSA) is 23.8 Å². The highest BCUT2D eigenvalue weighted by atomic mass is 14.3. The molecule has 0 unspecified atom stereocenters. The van der Waals surface area contributed by atoms with Gasteiger partial charge in [0.25, 0.3) is 0 Å². The SMILES string of the molecule is N#C/C(=C\c1ccccc1)c1ccc2c(c1)CCCC2. The van der Waals surface area contributed by atoms with E-state index >= 15 is 0 Å². The molecule has 0 bridgehead atoms. The van der Waals surface area contributed by atoms with Gasteiger partial charge >= 0.3 is 0 Å². The fourth-order valence-electron chi connectivity index (χ4n) is 2.80. The van der Waals surface area contributed by atoms with Gasteiger partial charge in [-0.2, -0.15) is 5.26 Å². The molecule has 0 aromatic heterocycles. The van der Waals surface area contributed by atoms with E-state index in [-0.39, 0.29) is 0 Å². The Morgan fingerprint density at radius 3 is 2.45 bits per heavy atom. The molecule has 1 heteroatoms. The first-order valence-electron chi connectivity index (χ1n) is 7.16. The Bertz CT molecular complexity index is 675. The van der Waals surface area contributed by atoms with Crippen LogP contribution in [0.25, 0.3) is 11.6 Å². The average Bonchev–Trinajstić information content (AvgIpc) is 2.53. The van der Waals surface area contributed by atoms with Gasteiger partial charge in [-0.3, -0.25) is 0 Å². The smallest absolute Gasteiger partial charge is 0.0998 e. The Morgan fingerprint density at radius 1 is 0.950 bits per heavy atom. The second-order valence-electron chi connectivity index (χ2n) is 5.27. The minimum absolute atomic E-state index is 0.740. The third kappa shape index (κ3) is 2.65. The summed E-state index contributed by atoms with van der Waals surface area (Å²) in [5.74, 6) is 0. The van der Waals surface area contributed by atoms with E-state index in [0.29, 0.717) is 0 Å². The van der Waals surface area contributed by atoms with Crippen molar-refractivity contribution >= 4 is 11.6 Å². The van der Waals surface area contributed by atoms with E-state index in [9.17, 15) is 5.26 Å². The van der Waals surface area contributed by atoms with Crippen molar-refractivity contribution in [3.63, 3.8) is 0 Å². The van der Waals surface area contributed by atoms with Gasteiger partial charge in [0.05, 0.1) is 11.6 Å². The van der Waals surface area contributed by atoms with E-state index in [4.69, 9.17) is 0 Å². The Hall–Kier alpha value is -2.33. The van der Waals surface area contributed by atoms with Crippen molar-refractivity contribution in [2.75, 3.05) is 0 Å². The van der Waals surface area contributed by atoms with Crippen LogP contribution in [0, 0.1) is 11.3 Å². The zero-order valence-corrected chi connectivity index (χ0v) is 11.5. The van der Waals surface area contributed by atoms with E-state index in [1.807, 2.05) is 36.4 Å². The molecule has 2 aromatic carbocycles. The summed E-state index contributed by atoms with van der Waals surface area (Å²) < 4.78 is 0. The first kappa shape index (κ1) is 12.7. The Kier molecular flexibility index (Phi) is 3.65. The Labute approximate surface area is 120 Å². The first-order valence-corrected chi connectivity index (χ1v) is 7.16. The lowest BCUT2D eigenvalue weighted by Gasteiger charge is -2.16. The summed E-state index contributed by atoms with van der Waals surface area (Å²) >= 11 is 0. The summed E-state index contributed by atoms with van der Waals surface area (Å²) in [7, 11) is 0. The second kappa shape index (κ2) is 5.75. The number of rotatable bonds is 2. The monoisotopic (exact) mass is 259 g/mol. The van der Waals surface area contributed by atoms with Gasteiger partial charge in [0.1, 0.15) is 0 Å². The number of allylic oxidation sites excluding steroid dienone is 1. The van der Waals surface area contributed by atoms with Crippen LogP contribution in [0.1, 0.15) is 35.1 Å². The van der Waals surface area contributed by atoms with Gasteiger partial charge in [-0.05, 0) is 54.0 Å². The Morgan fingerprint density at radius 2 is 1.70 bits per heavy atom. The quantitative estimate of drug-likeness (QED) is 0.570. The molecule has 0 saturated heterocycles. The van der Waals surface area contributed by atoms with Crippen molar-refractivity contribution in [1.29, 1.82) is 5.26 Å². The van der Waals surface area contributed by atoms with Crippen LogP contribution in [-0.2, 0) is 12.8 Å². The van der Waals surface area contributed by atoms with E-state index in [0.717, 1.165) is 23.1 Å². The highest BCUT2D eigenvalue weighted by Crippen LogP contribution is 2.26. The third-order valence-corrected chi connectivity index (χ3v) is 3.89. The minimum Gasteiger partial charge on any atom is -0.192 e. The fraction of sp³-hybridized carbons (Fsp3) is 0.211. The summed E-state index contributed by atoms with van der Waals surface area (Å²) in [6.07, 6.45) is 6.84. The zero-order valence-electron chi connectivity index (χ0n) is 11.5. The van der Waals surface area contributed by atoms with Crippen LogP contribution in [0.3, 0.4) is 0 Å². The summed E-state index contributed by atoms with van der Waals surface area (Å²) in [5.41, 5.74) is 5.73. The van der Waals surface area contributed by atoms with Crippen LogP contribution in [0.4, 0.5) is 0 Å². The van der Waals surface area contributed by atoms with Crippen molar-refractivity contribution in [2.24, 2.45) is 0 Å². The van der Waals surface area contributed by atoms with E-state index in [2.05, 4.69) is 24.3 Å². The molecule has 1 aliphatic rings. The molecule has 98 valence electrons. The lowest BCUT2D eigenvalue weighted by molar-refractivity contribution is 0.685. The number of hydrogen-bond donors (Lipinski definition) is 0. The number of hydrogen-bond acceptors (Lipinski definition) is 1. The Balaban J connectivity index is 1.98. The molecule has 0 heterocycles. The maximum Gasteiger partial charge on any atom is 0.0998 e. The van der Waals surface area contributed by atoms with Gasteiger partial charge < -0.3 is 0 Å². The molecule has 0 fully saturated rings. The van der Waals surface area contributed by atoms with Crippen molar-refractivity contribution in [1.82, 2.24) is 0 Å². The number of nitrogens with zero attached hydrogens (tertiary/aromatic N) is 1. The molecule has 0 aliphatic heterocycles. The molecule has 2 aromatic rings. The second-order valence-corrected chi connectivity index (χ2v) is 5.27. The van der Waals surface area contributed by atoms with Gasteiger partial charge in [0.2, 0.25) is 0 Å². The molecule has 3 rings (SSSR count). The predicted octanol–water partition coefficient (Wildman–Crippen LogP) is 4.63. The summed E-state index contributed by atoms with van der Waals surface area (Å²) in [6.45, 7) is 0. The van der Waals surface area contributed by atoms with Crippen molar-refractivity contribution < 1.29 is 0 Å². The number of benzene rings is 2. The van der Waals surface area contributed by atoms with Crippen LogP contribution in [0.5, 0.6) is 0 Å². The molecule has 1 nitrogen and oxygen atoms in total. The normalized spacial score (nSPS) is 14.4. The minimum atomic E-state index is 0.740. The molecule has 20 heavy (non-hydrogen) atoms. The van der Waals surface area contributed by atoms with Crippen LogP contribution >= 0.6 is 0 Å². The highest BCUT2D eigenvalue weighted by Gasteiger charge is 2.11. The van der Waals surface area contributed by atoms with Gasteiger partial charge in [-0.15, -0.1) is 0 Å². The maximum atomic E-state index is 9.43. The predicted molar refractivity (Wildman–Crippen MR) is 83.0 cm³/mol. The van der Waals surface area contributed by atoms with Crippen LogP contribution in [0.2, 0.25) is 0 Å². The van der Waals surface area contributed by atoms with E-state index in [1.165, 1.54) is 30.4 Å². The van der Waals surface area contributed by atoms with Crippen molar-refractivity contribution in [3.05, 3.63) is 70.8 Å².